The third kappa shape index (κ3) is 2.00. The van der Waals surface area contributed by atoms with Gasteiger partial charge in [0, 0.05) is 6.07 Å². The number of methoxy groups -OCH3 is 2. The van der Waals surface area contributed by atoms with Crippen LogP contribution in [0.2, 0.25) is 0 Å². The fourth-order valence-corrected chi connectivity index (χ4v) is 2.85. The van der Waals surface area contributed by atoms with Crippen molar-refractivity contribution in [1.82, 2.24) is 0 Å². The molecule has 0 aliphatic heterocycles. The van der Waals surface area contributed by atoms with Crippen LogP contribution in [-0.4, -0.2) is 20.8 Å². The Morgan fingerprint density at radius 2 is 1.65 bits per heavy atom. The van der Waals surface area contributed by atoms with Gasteiger partial charge < -0.3 is 15.2 Å². The molecule has 1 aliphatic rings. The Balaban J connectivity index is 2.33. The maximum absolute atomic E-state index is 5.82. The fraction of sp³-hybridized carbons (Fsp3) is 0.571. The van der Waals surface area contributed by atoms with E-state index in [0.29, 0.717) is 11.8 Å². The van der Waals surface area contributed by atoms with Crippen molar-refractivity contribution in [3.8, 4) is 11.5 Å². The van der Waals surface area contributed by atoms with Gasteiger partial charge in [0.25, 0.3) is 0 Å². The highest BCUT2D eigenvalue weighted by Gasteiger charge is 2.57. The zero-order valence-corrected chi connectivity index (χ0v) is 11.0. The van der Waals surface area contributed by atoms with Gasteiger partial charge in [0.2, 0.25) is 0 Å². The van der Waals surface area contributed by atoms with E-state index in [-0.39, 0.29) is 5.41 Å². The van der Waals surface area contributed by atoms with Crippen LogP contribution in [0.25, 0.3) is 0 Å². The molecule has 17 heavy (non-hydrogen) atoms. The third-order valence-electron chi connectivity index (χ3n) is 4.04. The second-order valence-electron chi connectivity index (χ2n) is 5.29. The van der Waals surface area contributed by atoms with E-state index in [2.05, 4.69) is 26.0 Å². The van der Waals surface area contributed by atoms with E-state index in [1.807, 2.05) is 6.07 Å². The number of benzene rings is 1. The van der Waals surface area contributed by atoms with Gasteiger partial charge in [-0.25, -0.2) is 0 Å². The number of rotatable bonds is 4. The van der Waals surface area contributed by atoms with Gasteiger partial charge in [0.15, 0.2) is 0 Å². The smallest absolute Gasteiger partial charge is 0.122 e. The molecule has 1 aliphatic carbocycles. The van der Waals surface area contributed by atoms with Gasteiger partial charge in [-0.15, -0.1) is 0 Å². The molecular formula is C14H21NO2. The van der Waals surface area contributed by atoms with Gasteiger partial charge in [0.05, 0.1) is 14.2 Å². The molecule has 1 aromatic carbocycles. The molecule has 0 heterocycles. The second-order valence-corrected chi connectivity index (χ2v) is 5.29. The summed E-state index contributed by atoms with van der Waals surface area (Å²) < 4.78 is 10.6. The monoisotopic (exact) mass is 235 g/mol. The number of hydrogen-bond donors (Lipinski definition) is 1. The minimum absolute atomic E-state index is 0.284. The van der Waals surface area contributed by atoms with Crippen LogP contribution in [0.5, 0.6) is 11.5 Å². The number of ether oxygens (including phenoxy) is 2. The lowest BCUT2D eigenvalue weighted by Crippen LogP contribution is -2.05. The van der Waals surface area contributed by atoms with Crippen LogP contribution in [0.4, 0.5) is 0 Å². The van der Waals surface area contributed by atoms with E-state index in [1.54, 1.807) is 14.2 Å². The zero-order valence-electron chi connectivity index (χ0n) is 11.0. The first-order valence-corrected chi connectivity index (χ1v) is 5.97. The van der Waals surface area contributed by atoms with Crippen LogP contribution < -0.4 is 15.2 Å². The van der Waals surface area contributed by atoms with Crippen LogP contribution in [0.3, 0.4) is 0 Å². The Bertz CT molecular complexity index is 392. The molecule has 0 aromatic heterocycles. The SMILES string of the molecule is COc1cc(OC)cc([C@H]2[C@H](CN)C2(C)C)c1. The molecule has 0 unspecified atom stereocenters. The summed E-state index contributed by atoms with van der Waals surface area (Å²) in [4.78, 5) is 0. The number of nitrogens with two attached hydrogens (primary N) is 1. The minimum Gasteiger partial charge on any atom is -0.497 e. The summed E-state index contributed by atoms with van der Waals surface area (Å²) in [5, 5.41) is 0. The largest absolute Gasteiger partial charge is 0.497 e. The predicted molar refractivity (Wildman–Crippen MR) is 68.6 cm³/mol. The van der Waals surface area contributed by atoms with Crippen LogP contribution >= 0.6 is 0 Å². The van der Waals surface area contributed by atoms with Crippen LogP contribution in [0.1, 0.15) is 25.3 Å². The lowest BCUT2D eigenvalue weighted by molar-refractivity contribution is 0.393. The Hall–Kier alpha value is -1.22. The predicted octanol–water partition coefficient (Wildman–Crippen LogP) is 2.40. The molecule has 2 rings (SSSR count). The number of hydrogen-bond acceptors (Lipinski definition) is 3. The maximum Gasteiger partial charge on any atom is 0.122 e. The van der Waals surface area contributed by atoms with Gasteiger partial charge in [-0.3, -0.25) is 0 Å². The summed E-state index contributed by atoms with van der Waals surface area (Å²) in [5.74, 6) is 2.76. The summed E-state index contributed by atoms with van der Waals surface area (Å²) in [6.45, 7) is 5.26. The zero-order chi connectivity index (χ0) is 12.6. The Morgan fingerprint density at radius 3 is 2.00 bits per heavy atom. The second kappa shape index (κ2) is 4.22. The van der Waals surface area contributed by atoms with Crippen molar-refractivity contribution in [2.75, 3.05) is 20.8 Å². The molecule has 0 radical (unpaired) electrons. The summed E-state index contributed by atoms with van der Waals surface area (Å²) >= 11 is 0. The molecule has 3 heteroatoms. The van der Waals surface area contributed by atoms with E-state index in [9.17, 15) is 0 Å². The molecule has 3 nitrogen and oxygen atoms in total. The van der Waals surface area contributed by atoms with Gasteiger partial charge in [-0.2, -0.15) is 0 Å². The first kappa shape index (κ1) is 12.2. The Morgan fingerprint density at radius 1 is 1.12 bits per heavy atom. The summed E-state index contributed by atoms with van der Waals surface area (Å²) in [6, 6.07) is 6.07. The molecule has 1 aromatic rings. The molecule has 94 valence electrons. The van der Waals surface area contributed by atoms with Gasteiger partial charge in [0.1, 0.15) is 11.5 Å². The highest BCUT2D eigenvalue weighted by molar-refractivity contribution is 5.43. The van der Waals surface area contributed by atoms with Crippen molar-refractivity contribution in [3.63, 3.8) is 0 Å². The van der Waals surface area contributed by atoms with E-state index in [1.165, 1.54) is 5.56 Å². The first-order valence-electron chi connectivity index (χ1n) is 5.97. The van der Waals surface area contributed by atoms with Gasteiger partial charge in [-0.05, 0) is 41.5 Å². The average Bonchev–Trinajstić information content (AvgIpc) is 2.90. The van der Waals surface area contributed by atoms with Crippen LogP contribution in [-0.2, 0) is 0 Å². The summed E-state index contributed by atoms with van der Waals surface area (Å²) in [7, 11) is 3.36. The first-order chi connectivity index (χ1) is 8.04. The standard InChI is InChI=1S/C14H21NO2/c1-14(2)12(8-15)13(14)9-5-10(16-3)7-11(6-9)17-4/h5-7,12-13H,8,15H2,1-4H3/t12-,13-/m0/s1. The van der Waals surface area contributed by atoms with E-state index >= 15 is 0 Å². The fourth-order valence-electron chi connectivity index (χ4n) is 2.85. The van der Waals surface area contributed by atoms with Gasteiger partial charge >= 0.3 is 0 Å². The highest BCUT2D eigenvalue weighted by atomic mass is 16.5. The third-order valence-corrected chi connectivity index (χ3v) is 4.04. The molecule has 0 spiro atoms. The van der Waals surface area contributed by atoms with Crippen LogP contribution in [0, 0.1) is 11.3 Å². The highest BCUT2D eigenvalue weighted by Crippen LogP contribution is 2.64. The van der Waals surface area contributed by atoms with Gasteiger partial charge in [-0.1, -0.05) is 13.8 Å². The molecule has 0 bridgehead atoms. The molecule has 1 fully saturated rings. The van der Waals surface area contributed by atoms with Crippen molar-refractivity contribution in [2.45, 2.75) is 19.8 Å². The lowest BCUT2D eigenvalue weighted by Gasteiger charge is -2.09. The molecule has 0 amide bonds. The molecule has 1 saturated carbocycles. The van der Waals surface area contributed by atoms with Crippen molar-refractivity contribution >= 4 is 0 Å². The molecule has 0 saturated heterocycles. The average molecular weight is 235 g/mol. The van der Waals surface area contributed by atoms with Crippen molar-refractivity contribution in [1.29, 1.82) is 0 Å². The molecular weight excluding hydrogens is 214 g/mol. The Labute approximate surface area is 103 Å². The minimum atomic E-state index is 0.284. The van der Waals surface area contributed by atoms with Crippen molar-refractivity contribution in [3.05, 3.63) is 23.8 Å². The van der Waals surface area contributed by atoms with E-state index in [4.69, 9.17) is 15.2 Å². The maximum atomic E-state index is 5.82. The normalized spacial score (nSPS) is 25.5. The van der Waals surface area contributed by atoms with E-state index < -0.39 is 0 Å². The quantitative estimate of drug-likeness (QED) is 0.871. The topological polar surface area (TPSA) is 44.5 Å². The lowest BCUT2D eigenvalue weighted by atomic mass is 10.0. The summed E-state index contributed by atoms with van der Waals surface area (Å²) in [6.07, 6.45) is 0. The summed E-state index contributed by atoms with van der Waals surface area (Å²) in [5.41, 5.74) is 7.37. The van der Waals surface area contributed by atoms with Crippen molar-refractivity contribution < 1.29 is 9.47 Å². The molecule has 2 N–H and O–H groups in total. The molecule has 2 atom stereocenters. The van der Waals surface area contributed by atoms with E-state index in [0.717, 1.165) is 18.0 Å². The van der Waals surface area contributed by atoms with Crippen molar-refractivity contribution in [2.24, 2.45) is 17.1 Å². The Kier molecular flexibility index (Phi) is 3.04. The van der Waals surface area contributed by atoms with Crippen LogP contribution in [0.15, 0.2) is 18.2 Å².